The quantitative estimate of drug-likeness (QED) is 0.426. The van der Waals surface area contributed by atoms with Crippen LogP contribution in [0.4, 0.5) is 17.1 Å². The van der Waals surface area contributed by atoms with Gasteiger partial charge in [-0.25, -0.2) is 0 Å². The SMILES string of the molecule is COc1ccc(-n2cccc2C=Nc2ccc(Nc3ccccc3)cc2)cc1. The van der Waals surface area contributed by atoms with Gasteiger partial charge in [0.05, 0.1) is 24.7 Å². The molecule has 1 N–H and O–H groups in total. The smallest absolute Gasteiger partial charge is 0.119 e. The number of ether oxygens (including phenoxy) is 1. The van der Waals surface area contributed by atoms with E-state index in [1.54, 1.807) is 7.11 Å². The molecule has 0 unspecified atom stereocenters. The molecule has 0 aliphatic rings. The molecule has 4 heteroatoms. The lowest BCUT2D eigenvalue weighted by molar-refractivity contribution is 0.415. The van der Waals surface area contributed by atoms with Gasteiger partial charge in [0, 0.05) is 23.3 Å². The van der Waals surface area contributed by atoms with Crippen molar-refractivity contribution in [2.45, 2.75) is 0 Å². The number of aromatic nitrogens is 1. The summed E-state index contributed by atoms with van der Waals surface area (Å²) in [6, 6.07) is 30.2. The second kappa shape index (κ2) is 8.27. The van der Waals surface area contributed by atoms with Crippen molar-refractivity contribution in [1.29, 1.82) is 0 Å². The third-order valence-electron chi connectivity index (χ3n) is 4.41. The van der Waals surface area contributed by atoms with Crippen molar-refractivity contribution in [2.24, 2.45) is 4.99 Å². The van der Waals surface area contributed by atoms with Crippen LogP contribution in [0.3, 0.4) is 0 Å². The lowest BCUT2D eigenvalue weighted by Gasteiger charge is -2.08. The predicted octanol–water partition coefficient (Wildman–Crippen LogP) is 5.98. The third-order valence-corrected chi connectivity index (χ3v) is 4.41. The van der Waals surface area contributed by atoms with E-state index in [2.05, 4.69) is 14.9 Å². The molecule has 4 rings (SSSR count). The highest BCUT2D eigenvalue weighted by Gasteiger charge is 2.02. The van der Waals surface area contributed by atoms with Crippen molar-refractivity contribution in [3.8, 4) is 11.4 Å². The first-order valence-electron chi connectivity index (χ1n) is 9.10. The highest BCUT2D eigenvalue weighted by atomic mass is 16.5. The van der Waals surface area contributed by atoms with Crippen LogP contribution in [0.5, 0.6) is 5.75 Å². The predicted molar refractivity (Wildman–Crippen MR) is 116 cm³/mol. The van der Waals surface area contributed by atoms with Gasteiger partial charge in [0.1, 0.15) is 5.75 Å². The lowest BCUT2D eigenvalue weighted by Crippen LogP contribution is -1.97. The molecule has 0 saturated carbocycles. The first-order valence-corrected chi connectivity index (χ1v) is 9.10. The largest absolute Gasteiger partial charge is 0.497 e. The first kappa shape index (κ1) is 17.6. The summed E-state index contributed by atoms with van der Waals surface area (Å²) in [5.74, 6) is 0.843. The summed E-state index contributed by atoms with van der Waals surface area (Å²) in [5, 5.41) is 3.37. The van der Waals surface area contributed by atoms with Gasteiger partial charge >= 0.3 is 0 Å². The Morgan fingerprint density at radius 1 is 0.786 bits per heavy atom. The Morgan fingerprint density at radius 2 is 1.50 bits per heavy atom. The molecule has 28 heavy (non-hydrogen) atoms. The van der Waals surface area contributed by atoms with E-state index in [1.165, 1.54) is 0 Å². The topological polar surface area (TPSA) is 38.5 Å². The number of methoxy groups -OCH3 is 1. The van der Waals surface area contributed by atoms with Crippen LogP contribution < -0.4 is 10.1 Å². The zero-order chi connectivity index (χ0) is 19.2. The van der Waals surface area contributed by atoms with Crippen LogP contribution in [0.2, 0.25) is 0 Å². The molecule has 138 valence electrons. The molecule has 0 aliphatic carbocycles. The summed E-state index contributed by atoms with van der Waals surface area (Å²) in [6.45, 7) is 0. The van der Waals surface area contributed by atoms with E-state index in [9.17, 15) is 0 Å². The van der Waals surface area contributed by atoms with Gasteiger partial charge in [-0.15, -0.1) is 0 Å². The van der Waals surface area contributed by atoms with Crippen molar-refractivity contribution in [1.82, 2.24) is 4.57 Å². The van der Waals surface area contributed by atoms with E-state index in [4.69, 9.17) is 4.74 Å². The molecule has 0 bridgehead atoms. The van der Waals surface area contributed by atoms with Gasteiger partial charge in [-0.05, 0) is 72.8 Å². The number of para-hydroxylation sites is 1. The van der Waals surface area contributed by atoms with Crippen molar-refractivity contribution >= 4 is 23.3 Å². The number of nitrogens with one attached hydrogen (secondary N) is 1. The monoisotopic (exact) mass is 367 g/mol. The Hall–Kier alpha value is -3.79. The maximum absolute atomic E-state index is 5.23. The molecule has 0 saturated heterocycles. The van der Waals surface area contributed by atoms with Crippen molar-refractivity contribution < 1.29 is 4.74 Å². The average Bonchev–Trinajstić information content (AvgIpc) is 3.23. The van der Waals surface area contributed by atoms with Gasteiger partial charge in [0.25, 0.3) is 0 Å². The average molecular weight is 367 g/mol. The Balaban J connectivity index is 1.48. The summed E-state index contributed by atoms with van der Waals surface area (Å²) in [4.78, 5) is 4.62. The zero-order valence-electron chi connectivity index (χ0n) is 15.6. The van der Waals surface area contributed by atoms with Gasteiger partial charge in [0.15, 0.2) is 0 Å². The molecular formula is C24H21N3O. The molecule has 1 aromatic heterocycles. The van der Waals surface area contributed by atoms with E-state index >= 15 is 0 Å². The van der Waals surface area contributed by atoms with Crippen LogP contribution >= 0.6 is 0 Å². The first-order chi connectivity index (χ1) is 13.8. The van der Waals surface area contributed by atoms with E-state index in [1.807, 2.05) is 103 Å². The molecular weight excluding hydrogens is 346 g/mol. The highest BCUT2D eigenvalue weighted by Crippen LogP contribution is 2.21. The van der Waals surface area contributed by atoms with E-state index in [0.717, 1.165) is 34.2 Å². The standard InChI is InChI=1S/C24H21N3O/c1-28-24-15-13-22(14-16-24)27-17-5-8-23(27)18-25-19-9-11-21(12-10-19)26-20-6-3-2-4-7-20/h2-18,26H,1H3. The van der Waals surface area contributed by atoms with Crippen LogP contribution in [0.15, 0.2) is 102 Å². The maximum atomic E-state index is 5.23. The van der Waals surface area contributed by atoms with Crippen LogP contribution in [0.1, 0.15) is 5.69 Å². The summed E-state index contributed by atoms with van der Waals surface area (Å²) in [6.07, 6.45) is 3.90. The summed E-state index contributed by atoms with van der Waals surface area (Å²) < 4.78 is 7.32. The number of anilines is 2. The fourth-order valence-electron chi connectivity index (χ4n) is 2.94. The molecule has 0 spiro atoms. The number of rotatable bonds is 6. The fourth-order valence-corrected chi connectivity index (χ4v) is 2.94. The van der Waals surface area contributed by atoms with Gasteiger partial charge < -0.3 is 14.6 Å². The minimum Gasteiger partial charge on any atom is -0.497 e. The molecule has 1 heterocycles. The second-order valence-electron chi connectivity index (χ2n) is 6.30. The fraction of sp³-hybridized carbons (Fsp3) is 0.0417. The van der Waals surface area contributed by atoms with Crippen LogP contribution in [-0.4, -0.2) is 17.9 Å². The Morgan fingerprint density at radius 3 is 2.21 bits per heavy atom. The summed E-state index contributed by atoms with van der Waals surface area (Å²) in [5.41, 5.74) is 5.08. The van der Waals surface area contributed by atoms with E-state index in [-0.39, 0.29) is 0 Å². The highest BCUT2D eigenvalue weighted by molar-refractivity contribution is 5.81. The minimum atomic E-state index is 0.843. The number of nitrogens with zero attached hydrogens (tertiary/aromatic N) is 2. The molecule has 3 aromatic carbocycles. The van der Waals surface area contributed by atoms with Gasteiger partial charge in [-0.2, -0.15) is 0 Å². The van der Waals surface area contributed by atoms with Gasteiger partial charge in [-0.1, -0.05) is 18.2 Å². The summed E-state index contributed by atoms with van der Waals surface area (Å²) in [7, 11) is 1.67. The molecule has 0 fully saturated rings. The number of aliphatic imine (C=N–C) groups is 1. The number of benzene rings is 3. The minimum absolute atomic E-state index is 0.843. The number of hydrogen-bond acceptors (Lipinski definition) is 3. The van der Waals surface area contributed by atoms with Crippen LogP contribution in [-0.2, 0) is 0 Å². The molecule has 0 radical (unpaired) electrons. The normalized spacial score (nSPS) is 10.9. The van der Waals surface area contributed by atoms with Gasteiger partial charge in [-0.3, -0.25) is 4.99 Å². The van der Waals surface area contributed by atoms with Gasteiger partial charge in [0.2, 0.25) is 0 Å². The second-order valence-corrected chi connectivity index (χ2v) is 6.30. The van der Waals surface area contributed by atoms with Crippen LogP contribution in [0, 0.1) is 0 Å². The van der Waals surface area contributed by atoms with E-state index in [0.29, 0.717) is 0 Å². The summed E-state index contributed by atoms with van der Waals surface area (Å²) >= 11 is 0. The molecule has 0 atom stereocenters. The van der Waals surface area contributed by atoms with E-state index < -0.39 is 0 Å². The Kier molecular flexibility index (Phi) is 5.20. The van der Waals surface area contributed by atoms with Crippen LogP contribution in [0.25, 0.3) is 5.69 Å². The van der Waals surface area contributed by atoms with Crippen molar-refractivity contribution in [3.63, 3.8) is 0 Å². The molecule has 4 aromatic rings. The van der Waals surface area contributed by atoms with Crippen molar-refractivity contribution in [3.05, 3.63) is 103 Å². The molecule has 0 aliphatic heterocycles. The van der Waals surface area contributed by atoms with Crippen molar-refractivity contribution in [2.75, 3.05) is 12.4 Å². The molecule has 0 amide bonds. The Labute approximate surface area is 164 Å². The number of hydrogen-bond donors (Lipinski definition) is 1. The zero-order valence-corrected chi connectivity index (χ0v) is 15.6. The molecule has 4 nitrogen and oxygen atoms in total. The third kappa shape index (κ3) is 4.13. The lowest BCUT2D eigenvalue weighted by atomic mass is 10.2. The maximum Gasteiger partial charge on any atom is 0.119 e. The Bertz CT molecular complexity index is 1050.